The van der Waals surface area contributed by atoms with Gasteiger partial charge < -0.3 is 4.74 Å². The molecule has 0 spiro atoms. The molecule has 0 aliphatic carbocycles. The van der Waals surface area contributed by atoms with Gasteiger partial charge in [0.05, 0.1) is 11.6 Å². The molecule has 3 aromatic carbocycles. The minimum absolute atomic E-state index is 0.0138. The maximum Gasteiger partial charge on any atom is 0.264 e. The van der Waals surface area contributed by atoms with E-state index in [-0.39, 0.29) is 18.4 Å². The average molecular weight is 401 g/mol. The van der Waals surface area contributed by atoms with Crippen LogP contribution < -0.4 is 10.1 Å². The number of anilines is 1. The summed E-state index contributed by atoms with van der Waals surface area (Å²) in [6.45, 7) is -0.0558. The van der Waals surface area contributed by atoms with Crippen LogP contribution in [-0.2, 0) is 4.79 Å². The van der Waals surface area contributed by atoms with E-state index in [1.54, 1.807) is 0 Å². The molecule has 0 radical (unpaired) electrons. The molecule has 0 bridgehead atoms. The van der Waals surface area contributed by atoms with Crippen LogP contribution in [0, 0.1) is 0 Å². The predicted molar refractivity (Wildman–Crippen MR) is 117 cm³/mol. The molecule has 1 amide bonds. The first-order valence-corrected chi connectivity index (χ1v) is 10.2. The molecule has 0 unspecified atom stereocenters. The number of para-hydroxylation sites is 1. The van der Waals surface area contributed by atoms with E-state index in [1.165, 1.54) is 11.3 Å². The molecule has 4 rings (SSSR count). The van der Waals surface area contributed by atoms with Gasteiger partial charge >= 0.3 is 0 Å². The van der Waals surface area contributed by atoms with Crippen LogP contribution in [0.3, 0.4) is 0 Å². The molecule has 1 heterocycles. The third-order valence-electron chi connectivity index (χ3n) is 4.44. The monoisotopic (exact) mass is 400 g/mol. The Labute approximate surface area is 173 Å². The van der Waals surface area contributed by atoms with Gasteiger partial charge in [0.25, 0.3) is 5.91 Å². The fraction of sp³-hybridized carbons (Fsp3) is 0.0833. The zero-order valence-electron chi connectivity index (χ0n) is 15.7. The van der Waals surface area contributed by atoms with Crippen molar-refractivity contribution in [1.82, 2.24) is 4.98 Å². The Morgan fingerprint density at radius 2 is 1.41 bits per heavy atom. The quantitative estimate of drug-likeness (QED) is 0.455. The summed E-state index contributed by atoms with van der Waals surface area (Å²) < 4.78 is 5.50. The van der Waals surface area contributed by atoms with E-state index in [1.807, 2.05) is 72.1 Å². The molecule has 0 atom stereocenters. The Balaban J connectivity index is 1.49. The van der Waals surface area contributed by atoms with Gasteiger partial charge in [0.15, 0.2) is 11.7 Å². The van der Waals surface area contributed by atoms with Crippen LogP contribution in [0.1, 0.15) is 22.7 Å². The summed E-state index contributed by atoms with van der Waals surface area (Å²) >= 11 is 1.42. The number of rotatable bonds is 7. The summed E-state index contributed by atoms with van der Waals surface area (Å²) in [4.78, 5) is 16.9. The number of nitrogens with one attached hydrogen (secondary N) is 1. The first-order valence-electron chi connectivity index (χ1n) is 9.32. The van der Waals surface area contributed by atoms with E-state index in [0.29, 0.717) is 10.9 Å². The zero-order valence-corrected chi connectivity index (χ0v) is 16.5. The highest BCUT2D eigenvalue weighted by Crippen LogP contribution is 2.33. The highest BCUT2D eigenvalue weighted by Gasteiger charge is 2.20. The van der Waals surface area contributed by atoms with Crippen LogP contribution in [0.25, 0.3) is 0 Å². The van der Waals surface area contributed by atoms with Crippen LogP contribution in [0.5, 0.6) is 5.75 Å². The van der Waals surface area contributed by atoms with Crippen molar-refractivity contribution in [3.8, 4) is 5.75 Å². The molecule has 5 heteroatoms. The van der Waals surface area contributed by atoms with Crippen molar-refractivity contribution in [2.75, 3.05) is 11.9 Å². The maximum absolute atomic E-state index is 12.2. The lowest BCUT2D eigenvalue weighted by Crippen LogP contribution is -2.20. The lowest BCUT2D eigenvalue weighted by atomic mass is 9.89. The van der Waals surface area contributed by atoms with E-state index in [4.69, 9.17) is 4.74 Å². The molecule has 4 nitrogen and oxygen atoms in total. The Morgan fingerprint density at radius 1 is 0.862 bits per heavy atom. The topological polar surface area (TPSA) is 51.2 Å². The highest BCUT2D eigenvalue weighted by atomic mass is 32.1. The normalized spacial score (nSPS) is 10.7. The van der Waals surface area contributed by atoms with Gasteiger partial charge in [-0.05, 0) is 23.3 Å². The van der Waals surface area contributed by atoms with Crippen LogP contribution in [-0.4, -0.2) is 17.5 Å². The van der Waals surface area contributed by atoms with E-state index in [0.717, 1.165) is 16.8 Å². The Morgan fingerprint density at radius 3 is 2.00 bits per heavy atom. The Hall–Kier alpha value is -3.44. The molecule has 4 aromatic rings. The standard InChI is InChI=1S/C24H20N2O2S/c27-22(16-28-20-14-8-3-9-15-20)26-24-25-21(17-29-24)23(18-10-4-1-5-11-18)19-12-6-2-7-13-19/h1-15,17,23H,16H2,(H,25,26,27). The molecule has 144 valence electrons. The van der Waals surface area contributed by atoms with E-state index >= 15 is 0 Å². The van der Waals surface area contributed by atoms with Gasteiger partial charge in [-0.1, -0.05) is 78.9 Å². The molecule has 1 aromatic heterocycles. The average Bonchev–Trinajstić information content (AvgIpc) is 3.22. The molecule has 0 saturated heterocycles. The van der Waals surface area contributed by atoms with Crippen molar-refractivity contribution in [2.45, 2.75) is 5.92 Å². The zero-order chi connectivity index (χ0) is 19.9. The first kappa shape index (κ1) is 18.9. The maximum atomic E-state index is 12.2. The SMILES string of the molecule is O=C(COc1ccccc1)Nc1nc(C(c2ccccc2)c2ccccc2)cs1. The van der Waals surface area contributed by atoms with Crippen molar-refractivity contribution >= 4 is 22.4 Å². The fourth-order valence-electron chi connectivity index (χ4n) is 3.12. The summed E-state index contributed by atoms with van der Waals surface area (Å²) in [5, 5.41) is 5.40. The third-order valence-corrected chi connectivity index (χ3v) is 5.22. The molecular weight excluding hydrogens is 380 g/mol. The van der Waals surface area contributed by atoms with Crippen LogP contribution in [0.15, 0.2) is 96.4 Å². The van der Waals surface area contributed by atoms with Crippen molar-refractivity contribution in [2.24, 2.45) is 0 Å². The van der Waals surface area contributed by atoms with E-state index in [9.17, 15) is 4.79 Å². The van der Waals surface area contributed by atoms with Crippen LogP contribution in [0.4, 0.5) is 5.13 Å². The number of benzene rings is 3. The van der Waals surface area contributed by atoms with Crippen molar-refractivity contribution in [3.05, 3.63) is 113 Å². The molecule has 0 saturated carbocycles. The van der Waals surface area contributed by atoms with Crippen LogP contribution in [0.2, 0.25) is 0 Å². The second-order valence-electron chi connectivity index (χ2n) is 6.48. The van der Waals surface area contributed by atoms with Gasteiger partial charge in [0.2, 0.25) is 0 Å². The summed E-state index contributed by atoms with van der Waals surface area (Å²) in [5.74, 6) is 0.446. The van der Waals surface area contributed by atoms with Crippen LogP contribution >= 0.6 is 11.3 Å². The lowest BCUT2D eigenvalue weighted by molar-refractivity contribution is -0.118. The summed E-state index contributed by atoms with van der Waals surface area (Å²) in [7, 11) is 0. The number of ether oxygens (including phenoxy) is 1. The number of hydrogen-bond acceptors (Lipinski definition) is 4. The van der Waals surface area contributed by atoms with Gasteiger partial charge in [0, 0.05) is 5.38 Å². The first-order chi connectivity index (χ1) is 14.3. The van der Waals surface area contributed by atoms with Crippen molar-refractivity contribution in [3.63, 3.8) is 0 Å². The number of amides is 1. The minimum atomic E-state index is -0.231. The largest absolute Gasteiger partial charge is 0.484 e. The second-order valence-corrected chi connectivity index (χ2v) is 7.34. The van der Waals surface area contributed by atoms with E-state index in [2.05, 4.69) is 34.6 Å². The number of carbonyl (C=O) groups is 1. The summed E-state index contributed by atoms with van der Waals surface area (Å²) in [6, 6.07) is 29.8. The predicted octanol–water partition coefficient (Wildman–Crippen LogP) is 5.34. The highest BCUT2D eigenvalue weighted by molar-refractivity contribution is 7.13. The van der Waals surface area contributed by atoms with Gasteiger partial charge in [0.1, 0.15) is 5.75 Å². The number of hydrogen-bond donors (Lipinski definition) is 1. The van der Waals surface area contributed by atoms with Gasteiger partial charge in [-0.3, -0.25) is 10.1 Å². The third kappa shape index (κ3) is 4.89. The van der Waals surface area contributed by atoms with Crippen molar-refractivity contribution in [1.29, 1.82) is 0 Å². The molecule has 0 aliphatic heterocycles. The smallest absolute Gasteiger partial charge is 0.264 e. The fourth-order valence-corrected chi connectivity index (χ4v) is 3.87. The molecule has 29 heavy (non-hydrogen) atoms. The number of aromatic nitrogens is 1. The summed E-state index contributed by atoms with van der Waals surface area (Å²) in [5.41, 5.74) is 3.23. The van der Waals surface area contributed by atoms with Gasteiger partial charge in [-0.25, -0.2) is 4.98 Å². The van der Waals surface area contributed by atoms with Gasteiger partial charge in [-0.2, -0.15) is 0 Å². The minimum Gasteiger partial charge on any atom is -0.484 e. The molecule has 0 aliphatic rings. The lowest BCUT2D eigenvalue weighted by Gasteiger charge is -2.16. The number of carbonyl (C=O) groups excluding carboxylic acids is 1. The summed E-state index contributed by atoms with van der Waals surface area (Å²) in [6.07, 6.45) is 0. The Bertz CT molecular complexity index is 1010. The molecule has 0 fully saturated rings. The number of thiazole rings is 1. The molecular formula is C24H20N2O2S. The molecule has 1 N–H and O–H groups in total. The Kier molecular flexibility index (Phi) is 5.98. The number of nitrogens with zero attached hydrogens (tertiary/aromatic N) is 1. The van der Waals surface area contributed by atoms with E-state index < -0.39 is 0 Å². The van der Waals surface area contributed by atoms with Gasteiger partial charge in [-0.15, -0.1) is 11.3 Å². The van der Waals surface area contributed by atoms with Crippen molar-refractivity contribution < 1.29 is 9.53 Å². The second kappa shape index (κ2) is 9.17.